The number of aromatic nitrogens is 2. The lowest BCUT2D eigenvalue weighted by Crippen LogP contribution is -2.22. The van der Waals surface area contributed by atoms with E-state index in [1.807, 2.05) is 41.8 Å². The third kappa shape index (κ3) is 2.84. The molecular formula is C19H17N3O2S2. The SMILES string of the molecule is CN(C)S(=O)(=O)c1ccc(-c2nccs2)c(-c2cc3ccccc3[nH]2)c1. The molecule has 0 bridgehead atoms. The number of fused-ring (bicyclic) bond motifs is 1. The van der Waals surface area contributed by atoms with Crippen LogP contribution in [-0.4, -0.2) is 36.8 Å². The van der Waals surface area contributed by atoms with Gasteiger partial charge in [-0.05, 0) is 30.3 Å². The summed E-state index contributed by atoms with van der Waals surface area (Å²) in [5.41, 5.74) is 3.60. The average molecular weight is 383 g/mol. The molecule has 0 fully saturated rings. The van der Waals surface area contributed by atoms with E-state index < -0.39 is 10.0 Å². The van der Waals surface area contributed by atoms with Crippen LogP contribution in [0.5, 0.6) is 0 Å². The van der Waals surface area contributed by atoms with Gasteiger partial charge in [-0.15, -0.1) is 11.3 Å². The van der Waals surface area contributed by atoms with Crippen molar-refractivity contribution >= 4 is 32.3 Å². The Hall–Kier alpha value is -2.48. The summed E-state index contributed by atoms with van der Waals surface area (Å²) in [4.78, 5) is 8.05. The fourth-order valence-corrected chi connectivity index (χ4v) is 4.48. The van der Waals surface area contributed by atoms with E-state index in [2.05, 4.69) is 9.97 Å². The molecule has 0 unspecified atom stereocenters. The molecule has 1 N–H and O–H groups in total. The molecule has 4 rings (SSSR count). The van der Waals surface area contributed by atoms with Gasteiger partial charge in [0.2, 0.25) is 10.0 Å². The zero-order valence-electron chi connectivity index (χ0n) is 14.3. The van der Waals surface area contributed by atoms with Crippen LogP contribution in [0.4, 0.5) is 0 Å². The van der Waals surface area contributed by atoms with Crippen LogP contribution in [0.15, 0.2) is 65.0 Å². The Labute approximate surface area is 156 Å². The van der Waals surface area contributed by atoms with Gasteiger partial charge in [0.25, 0.3) is 0 Å². The standard InChI is InChI=1S/C19H17N3O2S2/c1-22(2)26(23,24)14-7-8-15(19-20-9-10-25-19)16(12-14)18-11-13-5-3-4-6-17(13)21-18/h3-12,21H,1-2H3. The maximum absolute atomic E-state index is 12.6. The highest BCUT2D eigenvalue weighted by Gasteiger charge is 2.21. The van der Waals surface area contributed by atoms with Crippen LogP contribution in [0.1, 0.15) is 0 Å². The van der Waals surface area contributed by atoms with Crippen LogP contribution in [-0.2, 0) is 10.0 Å². The number of rotatable bonds is 4. The molecule has 5 nitrogen and oxygen atoms in total. The summed E-state index contributed by atoms with van der Waals surface area (Å²) in [7, 11) is -0.452. The lowest BCUT2D eigenvalue weighted by atomic mass is 10.0. The second-order valence-corrected chi connectivity index (χ2v) is 9.15. The Morgan fingerprint density at radius 2 is 1.85 bits per heavy atom. The molecule has 0 atom stereocenters. The third-order valence-corrected chi connectivity index (χ3v) is 6.87. The first-order valence-electron chi connectivity index (χ1n) is 8.01. The molecule has 4 aromatic rings. The number of hydrogen-bond acceptors (Lipinski definition) is 4. The number of H-pyrrole nitrogens is 1. The van der Waals surface area contributed by atoms with E-state index in [0.29, 0.717) is 0 Å². The fraction of sp³-hybridized carbons (Fsp3) is 0.105. The summed E-state index contributed by atoms with van der Waals surface area (Å²) < 4.78 is 26.4. The van der Waals surface area contributed by atoms with Crippen molar-refractivity contribution in [2.75, 3.05) is 14.1 Å². The second kappa shape index (κ2) is 6.35. The molecule has 0 saturated carbocycles. The normalized spacial score (nSPS) is 12.1. The van der Waals surface area contributed by atoms with Gasteiger partial charge < -0.3 is 4.98 Å². The quantitative estimate of drug-likeness (QED) is 0.574. The van der Waals surface area contributed by atoms with Crippen molar-refractivity contribution in [1.29, 1.82) is 0 Å². The number of para-hydroxylation sites is 1. The maximum atomic E-state index is 12.6. The monoisotopic (exact) mass is 383 g/mol. The molecule has 0 spiro atoms. The Morgan fingerprint density at radius 1 is 1.04 bits per heavy atom. The van der Waals surface area contributed by atoms with Gasteiger partial charge in [0.15, 0.2) is 0 Å². The van der Waals surface area contributed by atoms with Gasteiger partial charge in [0.05, 0.1) is 4.90 Å². The molecular weight excluding hydrogens is 366 g/mol. The van der Waals surface area contributed by atoms with E-state index in [-0.39, 0.29) is 4.90 Å². The zero-order valence-corrected chi connectivity index (χ0v) is 15.9. The van der Waals surface area contributed by atoms with Gasteiger partial charge in [0, 0.05) is 53.4 Å². The first kappa shape index (κ1) is 17.0. The van der Waals surface area contributed by atoms with Gasteiger partial charge in [-0.3, -0.25) is 0 Å². The van der Waals surface area contributed by atoms with Crippen molar-refractivity contribution in [1.82, 2.24) is 14.3 Å². The van der Waals surface area contributed by atoms with Crippen molar-refractivity contribution in [2.24, 2.45) is 0 Å². The van der Waals surface area contributed by atoms with E-state index in [1.54, 1.807) is 18.3 Å². The number of aromatic amines is 1. The summed E-state index contributed by atoms with van der Waals surface area (Å²) in [5.74, 6) is 0. The zero-order chi connectivity index (χ0) is 18.3. The molecule has 0 aliphatic heterocycles. The Morgan fingerprint density at radius 3 is 2.54 bits per heavy atom. The van der Waals surface area contributed by atoms with E-state index in [0.717, 1.165) is 32.7 Å². The molecule has 2 aromatic carbocycles. The molecule has 7 heteroatoms. The number of benzene rings is 2. The van der Waals surface area contributed by atoms with Crippen molar-refractivity contribution in [3.05, 3.63) is 60.1 Å². The summed E-state index contributed by atoms with van der Waals surface area (Å²) in [6.45, 7) is 0. The van der Waals surface area contributed by atoms with Crippen LogP contribution < -0.4 is 0 Å². The van der Waals surface area contributed by atoms with Crippen LogP contribution >= 0.6 is 11.3 Å². The number of hydrogen-bond donors (Lipinski definition) is 1. The van der Waals surface area contributed by atoms with Crippen LogP contribution in [0, 0.1) is 0 Å². The minimum Gasteiger partial charge on any atom is -0.355 e. The van der Waals surface area contributed by atoms with Crippen molar-refractivity contribution in [3.8, 4) is 21.8 Å². The third-order valence-electron chi connectivity index (χ3n) is 4.25. The van der Waals surface area contributed by atoms with Crippen molar-refractivity contribution in [3.63, 3.8) is 0 Å². The minimum absolute atomic E-state index is 0.261. The molecule has 0 aliphatic rings. The van der Waals surface area contributed by atoms with E-state index >= 15 is 0 Å². The predicted octanol–water partition coefficient (Wildman–Crippen LogP) is 4.21. The van der Waals surface area contributed by atoms with E-state index in [1.165, 1.54) is 29.7 Å². The van der Waals surface area contributed by atoms with Crippen LogP contribution in [0.3, 0.4) is 0 Å². The molecule has 132 valence electrons. The predicted molar refractivity (Wildman–Crippen MR) is 106 cm³/mol. The van der Waals surface area contributed by atoms with Gasteiger partial charge >= 0.3 is 0 Å². The molecule has 0 amide bonds. The highest BCUT2D eigenvalue weighted by atomic mass is 32.2. The van der Waals surface area contributed by atoms with Crippen LogP contribution in [0.25, 0.3) is 32.7 Å². The Bertz CT molecular complexity index is 1140. The first-order valence-corrected chi connectivity index (χ1v) is 10.3. The molecule has 26 heavy (non-hydrogen) atoms. The molecule has 2 heterocycles. The molecule has 0 saturated heterocycles. The molecule has 0 aliphatic carbocycles. The number of nitrogens with zero attached hydrogens (tertiary/aromatic N) is 2. The van der Waals surface area contributed by atoms with E-state index in [9.17, 15) is 8.42 Å². The average Bonchev–Trinajstić information content (AvgIpc) is 3.30. The van der Waals surface area contributed by atoms with Gasteiger partial charge in [0.1, 0.15) is 5.01 Å². The largest absolute Gasteiger partial charge is 0.355 e. The topological polar surface area (TPSA) is 66.1 Å². The first-order chi connectivity index (χ1) is 12.5. The lowest BCUT2D eigenvalue weighted by Gasteiger charge is -2.14. The van der Waals surface area contributed by atoms with E-state index in [4.69, 9.17) is 0 Å². The van der Waals surface area contributed by atoms with Crippen molar-refractivity contribution in [2.45, 2.75) is 4.90 Å². The Kier molecular flexibility index (Phi) is 4.14. The summed E-state index contributed by atoms with van der Waals surface area (Å²) in [5, 5.41) is 3.84. The number of sulfonamides is 1. The van der Waals surface area contributed by atoms with Crippen molar-refractivity contribution < 1.29 is 8.42 Å². The number of thiazole rings is 1. The minimum atomic E-state index is -3.52. The summed E-state index contributed by atoms with van der Waals surface area (Å²) in [6.07, 6.45) is 1.75. The summed E-state index contributed by atoms with van der Waals surface area (Å²) >= 11 is 1.53. The highest BCUT2D eigenvalue weighted by molar-refractivity contribution is 7.89. The number of nitrogens with one attached hydrogen (secondary N) is 1. The Balaban J connectivity index is 1.97. The van der Waals surface area contributed by atoms with Crippen LogP contribution in [0.2, 0.25) is 0 Å². The lowest BCUT2D eigenvalue weighted by molar-refractivity contribution is 0.521. The van der Waals surface area contributed by atoms with Gasteiger partial charge in [-0.1, -0.05) is 18.2 Å². The second-order valence-electron chi connectivity index (χ2n) is 6.10. The van der Waals surface area contributed by atoms with Gasteiger partial charge in [-0.25, -0.2) is 17.7 Å². The smallest absolute Gasteiger partial charge is 0.242 e. The maximum Gasteiger partial charge on any atom is 0.242 e. The fourth-order valence-electron chi connectivity index (χ4n) is 2.88. The summed E-state index contributed by atoms with van der Waals surface area (Å²) in [6, 6.07) is 15.2. The van der Waals surface area contributed by atoms with Gasteiger partial charge in [-0.2, -0.15) is 0 Å². The molecule has 0 radical (unpaired) electrons. The highest BCUT2D eigenvalue weighted by Crippen LogP contribution is 2.36. The molecule has 2 aromatic heterocycles.